The molecule has 1 amide bonds. The molecule has 1 fully saturated rings. The van der Waals surface area contributed by atoms with Gasteiger partial charge >= 0.3 is 0 Å². The van der Waals surface area contributed by atoms with Crippen LogP contribution in [-0.2, 0) is 0 Å². The highest BCUT2D eigenvalue weighted by Gasteiger charge is 2.20. The zero-order chi connectivity index (χ0) is 16.9. The van der Waals surface area contributed by atoms with Crippen LogP contribution in [0.4, 0.5) is 4.39 Å². The van der Waals surface area contributed by atoms with Gasteiger partial charge in [-0.1, -0.05) is 18.2 Å². The molecule has 1 aliphatic rings. The van der Waals surface area contributed by atoms with Crippen molar-refractivity contribution in [1.29, 1.82) is 0 Å². The number of carbonyl (C=O) groups is 1. The van der Waals surface area contributed by atoms with Gasteiger partial charge in [0.1, 0.15) is 11.6 Å². The van der Waals surface area contributed by atoms with Crippen LogP contribution in [0.25, 0.3) is 11.1 Å². The number of methoxy groups -OCH3 is 1. The lowest BCUT2D eigenvalue weighted by Gasteiger charge is -2.20. The standard InChI is InChI=1S/C19H21FN2O2.ClH/c1-24-16-6-3-14(4-7-16)15-5-8-17(18(20)13-15)19(23)22-11-2-9-21-10-12-22;/h3-8,13,21H,2,9-12H2,1H3;1H. The molecule has 6 heteroatoms. The smallest absolute Gasteiger partial charge is 0.256 e. The molecule has 4 nitrogen and oxygen atoms in total. The van der Waals surface area contributed by atoms with Gasteiger partial charge in [0.15, 0.2) is 0 Å². The average Bonchev–Trinajstić information content (AvgIpc) is 2.90. The molecule has 1 aliphatic heterocycles. The molecule has 0 bridgehead atoms. The second kappa shape index (κ2) is 8.83. The Bertz CT molecular complexity index is 714. The number of hydrogen-bond acceptors (Lipinski definition) is 3. The van der Waals surface area contributed by atoms with Crippen molar-refractivity contribution in [3.8, 4) is 16.9 Å². The highest BCUT2D eigenvalue weighted by atomic mass is 35.5. The minimum absolute atomic E-state index is 0. The summed E-state index contributed by atoms with van der Waals surface area (Å²) in [6.45, 7) is 2.91. The maximum Gasteiger partial charge on any atom is 0.256 e. The van der Waals surface area contributed by atoms with Crippen LogP contribution in [0, 0.1) is 5.82 Å². The molecule has 0 aliphatic carbocycles. The third-order valence-electron chi connectivity index (χ3n) is 4.25. The molecule has 0 aromatic heterocycles. The summed E-state index contributed by atoms with van der Waals surface area (Å²) >= 11 is 0. The normalized spacial score (nSPS) is 14.4. The second-order valence-corrected chi connectivity index (χ2v) is 5.82. The molecule has 3 rings (SSSR count). The van der Waals surface area contributed by atoms with E-state index < -0.39 is 5.82 Å². The van der Waals surface area contributed by atoms with Crippen molar-refractivity contribution in [3.05, 3.63) is 53.8 Å². The molecule has 1 heterocycles. The molecular weight excluding hydrogens is 343 g/mol. The molecule has 0 radical (unpaired) electrons. The predicted octanol–water partition coefficient (Wildman–Crippen LogP) is 3.36. The number of carbonyl (C=O) groups excluding carboxylic acids is 1. The summed E-state index contributed by atoms with van der Waals surface area (Å²) in [5.74, 6) is 0.0313. The lowest BCUT2D eigenvalue weighted by atomic mass is 10.0. The minimum atomic E-state index is -0.481. The molecule has 1 saturated heterocycles. The first kappa shape index (κ1) is 19.2. The van der Waals surface area contributed by atoms with Crippen molar-refractivity contribution >= 4 is 18.3 Å². The Morgan fingerprint density at radius 1 is 1.08 bits per heavy atom. The van der Waals surface area contributed by atoms with Crippen LogP contribution in [0.15, 0.2) is 42.5 Å². The van der Waals surface area contributed by atoms with E-state index >= 15 is 0 Å². The van der Waals surface area contributed by atoms with E-state index in [1.165, 1.54) is 6.07 Å². The van der Waals surface area contributed by atoms with Gasteiger partial charge < -0.3 is 15.0 Å². The summed E-state index contributed by atoms with van der Waals surface area (Å²) in [6.07, 6.45) is 0.886. The fraction of sp³-hybridized carbons (Fsp3) is 0.316. The number of hydrogen-bond donors (Lipinski definition) is 1. The van der Waals surface area contributed by atoms with Crippen LogP contribution in [-0.4, -0.2) is 44.1 Å². The fourth-order valence-electron chi connectivity index (χ4n) is 2.87. The molecule has 0 saturated carbocycles. The summed E-state index contributed by atoms with van der Waals surface area (Å²) in [5, 5.41) is 3.24. The number of rotatable bonds is 3. The highest BCUT2D eigenvalue weighted by molar-refractivity contribution is 5.95. The van der Waals surface area contributed by atoms with Gasteiger partial charge in [0.2, 0.25) is 0 Å². The van der Waals surface area contributed by atoms with Crippen molar-refractivity contribution in [3.63, 3.8) is 0 Å². The Morgan fingerprint density at radius 3 is 2.48 bits per heavy atom. The van der Waals surface area contributed by atoms with Crippen LogP contribution in [0.1, 0.15) is 16.8 Å². The Balaban J connectivity index is 0.00000225. The quantitative estimate of drug-likeness (QED) is 0.908. The summed E-state index contributed by atoms with van der Waals surface area (Å²) < 4.78 is 19.6. The SMILES string of the molecule is COc1ccc(-c2ccc(C(=O)N3CCCNCC3)c(F)c2)cc1.Cl. The zero-order valence-corrected chi connectivity index (χ0v) is 14.9. The predicted molar refractivity (Wildman–Crippen MR) is 99.0 cm³/mol. The Kier molecular flexibility index (Phi) is 6.79. The lowest BCUT2D eigenvalue weighted by molar-refractivity contribution is 0.0761. The Morgan fingerprint density at radius 2 is 1.80 bits per heavy atom. The number of benzene rings is 2. The number of amides is 1. The molecule has 25 heavy (non-hydrogen) atoms. The third-order valence-corrected chi connectivity index (χ3v) is 4.25. The maximum absolute atomic E-state index is 14.5. The molecule has 0 unspecified atom stereocenters. The van der Waals surface area contributed by atoms with Crippen molar-refractivity contribution < 1.29 is 13.9 Å². The third kappa shape index (κ3) is 4.50. The second-order valence-electron chi connectivity index (χ2n) is 5.82. The fourth-order valence-corrected chi connectivity index (χ4v) is 2.87. The summed E-state index contributed by atoms with van der Waals surface area (Å²) in [7, 11) is 1.60. The topological polar surface area (TPSA) is 41.6 Å². The molecule has 1 N–H and O–H groups in total. The maximum atomic E-state index is 14.5. The Labute approximate surface area is 153 Å². The molecule has 0 atom stereocenters. The average molecular weight is 365 g/mol. The van der Waals surface area contributed by atoms with Gasteiger partial charge in [0.05, 0.1) is 12.7 Å². The van der Waals surface area contributed by atoms with E-state index in [4.69, 9.17) is 4.74 Å². The van der Waals surface area contributed by atoms with Gasteiger partial charge in [-0.15, -0.1) is 12.4 Å². The molecule has 134 valence electrons. The van der Waals surface area contributed by atoms with E-state index in [1.807, 2.05) is 24.3 Å². The largest absolute Gasteiger partial charge is 0.497 e. The van der Waals surface area contributed by atoms with Gasteiger partial charge in [-0.05, 0) is 48.4 Å². The summed E-state index contributed by atoms with van der Waals surface area (Å²) in [4.78, 5) is 14.3. The summed E-state index contributed by atoms with van der Waals surface area (Å²) in [5.41, 5.74) is 1.76. The number of nitrogens with zero attached hydrogens (tertiary/aromatic N) is 1. The van der Waals surface area contributed by atoms with Crippen LogP contribution < -0.4 is 10.1 Å². The van der Waals surface area contributed by atoms with Crippen LogP contribution in [0.2, 0.25) is 0 Å². The molecular formula is C19H22ClFN2O2. The monoisotopic (exact) mass is 364 g/mol. The zero-order valence-electron chi connectivity index (χ0n) is 14.1. The van der Waals surface area contributed by atoms with Crippen molar-refractivity contribution in [2.45, 2.75) is 6.42 Å². The first-order valence-electron chi connectivity index (χ1n) is 8.13. The first-order valence-corrected chi connectivity index (χ1v) is 8.13. The van der Waals surface area contributed by atoms with E-state index in [0.717, 1.165) is 36.4 Å². The van der Waals surface area contributed by atoms with Gasteiger partial charge in [0.25, 0.3) is 5.91 Å². The van der Waals surface area contributed by atoms with Crippen molar-refractivity contribution in [2.24, 2.45) is 0 Å². The van der Waals surface area contributed by atoms with Crippen LogP contribution >= 0.6 is 12.4 Å². The molecule has 2 aromatic carbocycles. The number of ether oxygens (including phenoxy) is 1. The van der Waals surface area contributed by atoms with Crippen LogP contribution in [0.3, 0.4) is 0 Å². The van der Waals surface area contributed by atoms with Crippen molar-refractivity contribution in [2.75, 3.05) is 33.3 Å². The van der Waals surface area contributed by atoms with E-state index in [9.17, 15) is 9.18 Å². The molecule has 2 aromatic rings. The highest BCUT2D eigenvalue weighted by Crippen LogP contribution is 2.25. The van der Waals surface area contributed by atoms with E-state index in [2.05, 4.69) is 5.32 Å². The Hall–Kier alpha value is -2.11. The van der Waals surface area contributed by atoms with Crippen molar-refractivity contribution in [1.82, 2.24) is 10.2 Å². The first-order chi connectivity index (χ1) is 11.7. The number of nitrogens with one attached hydrogen (secondary N) is 1. The van der Waals surface area contributed by atoms with E-state index in [1.54, 1.807) is 24.1 Å². The lowest BCUT2D eigenvalue weighted by Crippen LogP contribution is -2.34. The van der Waals surface area contributed by atoms with Gasteiger partial charge in [-0.3, -0.25) is 4.79 Å². The van der Waals surface area contributed by atoms with Gasteiger partial charge in [-0.2, -0.15) is 0 Å². The minimum Gasteiger partial charge on any atom is -0.497 e. The number of halogens is 2. The van der Waals surface area contributed by atoms with Gasteiger partial charge in [0, 0.05) is 19.6 Å². The van der Waals surface area contributed by atoms with E-state index in [0.29, 0.717) is 13.1 Å². The van der Waals surface area contributed by atoms with E-state index in [-0.39, 0.29) is 23.9 Å². The van der Waals surface area contributed by atoms with Crippen LogP contribution in [0.5, 0.6) is 5.75 Å². The van der Waals surface area contributed by atoms with Gasteiger partial charge in [-0.25, -0.2) is 4.39 Å². The molecule has 0 spiro atoms. The summed E-state index contributed by atoms with van der Waals surface area (Å²) in [6, 6.07) is 12.2.